The lowest BCUT2D eigenvalue weighted by molar-refractivity contribution is -0.359. The summed E-state index contributed by atoms with van der Waals surface area (Å²) in [6.07, 6.45) is 5.91. The highest BCUT2D eigenvalue weighted by Gasteiger charge is 2.46. The summed E-state index contributed by atoms with van der Waals surface area (Å²) in [6.45, 7) is 16.0. The van der Waals surface area contributed by atoms with Crippen LogP contribution in [-0.2, 0) is 18.9 Å². The molecule has 0 aromatic carbocycles. The van der Waals surface area contributed by atoms with Crippen molar-refractivity contribution in [3.63, 3.8) is 0 Å². The topological polar surface area (TPSA) is 36.9 Å². The normalized spacial score (nSPS) is 11.8. The van der Waals surface area contributed by atoms with Crippen molar-refractivity contribution >= 4 is 0 Å². The Morgan fingerprint density at radius 1 is 0.941 bits per heavy atom. The van der Waals surface area contributed by atoms with Crippen LogP contribution < -0.4 is 0 Å². The molecule has 0 heterocycles. The molecule has 0 saturated heterocycles. The van der Waals surface area contributed by atoms with Crippen LogP contribution in [0, 0.1) is 0 Å². The van der Waals surface area contributed by atoms with Crippen molar-refractivity contribution < 1.29 is 18.9 Å². The van der Waals surface area contributed by atoms with Gasteiger partial charge in [0.15, 0.2) is 0 Å². The van der Waals surface area contributed by atoms with Crippen LogP contribution in [0.15, 0.2) is 51.4 Å². The maximum absolute atomic E-state index is 5.35. The third kappa shape index (κ3) is 4.26. The van der Waals surface area contributed by atoms with E-state index in [9.17, 15) is 0 Å². The molecule has 0 spiro atoms. The summed E-state index contributed by atoms with van der Waals surface area (Å²) < 4.78 is 21.2. The minimum Gasteiger partial charge on any atom is -0.486 e. The van der Waals surface area contributed by atoms with Gasteiger partial charge in [-0.05, 0) is 6.42 Å². The molecule has 0 saturated carbocycles. The van der Waals surface area contributed by atoms with Crippen molar-refractivity contribution in [3.05, 3.63) is 51.4 Å². The second-order valence-corrected chi connectivity index (χ2v) is 3.04. The lowest BCUT2D eigenvalue weighted by Crippen LogP contribution is -2.47. The third-order valence-corrected chi connectivity index (χ3v) is 1.95. The van der Waals surface area contributed by atoms with Crippen LogP contribution in [0.2, 0.25) is 0 Å². The van der Waals surface area contributed by atoms with Crippen molar-refractivity contribution in [2.75, 3.05) is 0 Å². The van der Waals surface area contributed by atoms with Gasteiger partial charge in [-0.1, -0.05) is 39.7 Å². The molecule has 1 atom stereocenters. The fourth-order valence-electron chi connectivity index (χ4n) is 1.37. The third-order valence-electron chi connectivity index (χ3n) is 1.95. The molecule has 0 aromatic heterocycles. The van der Waals surface area contributed by atoms with Gasteiger partial charge in [-0.2, -0.15) is 0 Å². The molecule has 0 amide bonds. The zero-order chi connectivity index (χ0) is 13.1. The smallest absolute Gasteiger partial charge is 0.455 e. The van der Waals surface area contributed by atoms with Gasteiger partial charge in [0, 0.05) is 0 Å². The minimum absolute atomic E-state index is 0.515. The summed E-state index contributed by atoms with van der Waals surface area (Å²) in [7, 11) is 0. The first-order chi connectivity index (χ1) is 8.20. The number of ether oxygens (including phenoxy) is 4. The molecule has 0 aliphatic heterocycles. The van der Waals surface area contributed by atoms with E-state index >= 15 is 0 Å². The van der Waals surface area contributed by atoms with Crippen molar-refractivity contribution in [3.8, 4) is 0 Å². The Labute approximate surface area is 103 Å². The van der Waals surface area contributed by atoms with Crippen LogP contribution in [0.4, 0.5) is 0 Å². The van der Waals surface area contributed by atoms with E-state index in [1.54, 1.807) is 0 Å². The lowest BCUT2D eigenvalue weighted by Gasteiger charge is -2.35. The lowest BCUT2D eigenvalue weighted by atomic mass is 10.1. The molecule has 1 unspecified atom stereocenters. The highest BCUT2D eigenvalue weighted by molar-refractivity contribution is 4.80. The minimum atomic E-state index is -1.48. The molecule has 0 bridgehead atoms. The van der Waals surface area contributed by atoms with E-state index in [1.165, 1.54) is 25.0 Å². The summed E-state index contributed by atoms with van der Waals surface area (Å²) >= 11 is 0. The van der Waals surface area contributed by atoms with Crippen LogP contribution in [0.5, 0.6) is 0 Å². The SMILES string of the molecule is C=COC(CCC)C(OC=C)(OC=C)OC=C. The predicted molar refractivity (Wildman–Crippen MR) is 66.6 cm³/mol. The van der Waals surface area contributed by atoms with Crippen LogP contribution in [-0.4, -0.2) is 12.1 Å². The van der Waals surface area contributed by atoms with Gasteiger partial charge in [-0.25, -0.2) is 0 Å². The first kappa shape index (κ1) is 15.2. The molecule has 0 N–H and O–H groups in total. The molecule has 0 rings (SSSR count). The van der Waals surface area contributed by atoms with Gasteiger partial charge in [0.05, 0.1) is 25.0 Å². The molecule has 0 aliphatic carbocycles. The second-order valence-electron chi connectivity index (χ2n) is 3.04. The molecule has 96 valence electrons. The van der Waals surface area contributed by atoms with Gasteiger partial charge >= 0.3 is 5.97 Å². The molecule has 4 nitrogen and oxygen atoms in total. The average molecular weight is 240 g/mol. The maximum atomic E-state index is 5.35. The van der Waals surface area contributed by atoms with Crippen LogP contribution in [0.3, 0.4) is 0 Å². The van der Waals surface area contributed by atoms with Crippen molar-refractivity contribution in [2.45, 2.75) is 31.8 Å². The zero-order valence-corrected chi connectivity index (χ0v) is 10.3. The van der Waals surface area contributed by atoms with Crippen LogP contribution in [0.1, 0.15) is 19.8 Å². The molecule has 17 heavy (non-hydrogen) atoms. The number of rotatable bonds is 11. The largest absolute Gasteiger partial charge is 0.486 e. The molecule has 0 radical (unpaired) electrons. The van der Waals surface area contributed by atoms with Gasteiger partial charge in [-0.3, -0.25) is 0 Å². The summed E-state index contributed by atoms with van der Waals surface area (Å²) in [5.41, 5.74) is 0. The molecule has 0 fully saturated rings. The van der Waals surface area contributed by atoms with E-state index < -0.39 is 12.1 Å². The fourth-order valence-corrected chi connectivity index (χ4v) is 1.37. The van der Waals surface area contributed by atoms with Gasteiger partial charge in [-0.15, -0.1) is 0 Å². The van der Waals surface area contributed by atoms with E-state index in [-0.39, 0.29) is 0 Å². The van der Waals surface area contributed by atoms with Gasteiger partial charge < -0.3 is 18.9 Å². The van der Waals surface area contributed by atoms with E-state index in [0.717, 1.165) is 6.42 Å². The Balaban J connectivity index is 5.12. The number of hydrogen-bond acceptors (Lipinski definition) is 4. The highest BCUT2D eigenvalue weighted by atomic mass is 16.9. The van der Waals surface area contributed by atoms with Gasteiger partial charge in [0.1, 0.15) is 0 Å². The monoisotopic (exact) mass is 240 g/mol. The Morgan fingerprint density at radius 3 is 1.71 bits per heavy atom. The Bertz CT molecular complexity index is 234. The van der Waals surface area contributed by atoms with Crippen molar-refractivity contribution in [1.82, 2.24) is 0 Å². The molecule has 0 aliphatic rings. The van der Waals surface area contributed by atoms with Crippen LogP contribution in [0.25, 0.3) is 0 Å². The first-order valence-corrected chi connectivity index (χ1v) is 5.33. The van der Waals surface area contributed by atoms with E-state index in [2.05, 4.69) is 26.3 Å². The van der Waals surface area contributed by atoms with E-state index in [4.69, 9.17) is 18.9 Å². The summed E-state index contributed by atoms with van der Waals surface area (Å²) in [5.74, 6) is -1.48. The van der Waals surface area contributed by atoms with Crippen molar-refractivity contribution in [2.24, 2.45) is 0 Å². The average Bonchev–Trinajstić information content (AvgIpc) is 2.29. The maximum Gasteiger partial charge on any atom is 0.455 e. The second kappa shape index (κ2) is 8.33. The summed E-state index contributed by atoms with van der Waals surface area (Å²) in [4.78, 5) is 0. The van der Waals surface area contributed by atoms with E-state index in [1.807, 2.05) is 6.92 Å². The molecule has 4 heteroatoms. The van der Waals surface area contributed by atoms with E-state index in [0.29, 0.717) is 6.42 Å². The summed E-state index contributed by atoms with van der Waals surface area (Å²) in [5, 5.41) is 0. The molecule has 0 aromatic rings. The number of hydrogen-bond donors (Lipinski definition) is 0. The Morgan fingerprint density at radius 2 is 1.41 bits per heavy atom. The quantitative estimate of drug-likeness (QED) is 0.409. The van der Waals surface area contributed by atoms with Crippen molar-refractivity contribution in [1.29, 1.82) is 0 Å². The van der Waals surface area contributed by atoms with Crippen LogP contribution >= 0.6 is 0 Å². The van der Waals surface area contributed by atoms with Gasteiger partial charge in [0.25, 0.3) is 0 Å². The standard InChI is InChI=1S/C13H20O4/c1-6-11-12(14-7-2)13(15-8-3,16-9-4)17-10-5/h7-10,12H,2-6,11H2,1H3. The highest BCUT2D eigenvalue weighted by Crippen LogP contribution is 2.27. The Hall–Kier alpha value is -1.84. The first-order valence-electron chi connectivity index (χ1n) is 5.33. The Kier molecular flexibility index (Phi) is 7.43. The summed E-state index contributed by atoms with van der Waals surface area (Å²) in [6, 6.07) is 0. The fraction of sp³-hybridized carbons (Fsp3) is 0.385. The predicted octanol–water partition coefficient (Wildman–Crippen LogP) is 3.45. The molecular formula is C13H20O4. The zero-order valence-electron chi connectivity index (χ0n) is 10.3. The molecular weight excluding hydrogens is 220 g/mol. The van der Waals surface area contributed by atoms with Gasteiger partial charge in [0.2, 0.25) is 6.10 Å².